The van der Waals surface area contributed by atoms with Crippen LogP contribution in [-0.4, -0.2) is 15.5 Å². The molecule has 1 aliphatic rings. The van der Waals surface area contributed by atoms with E-state index in [1.807, 2.05) is 0 Å². The molecule has 85 valence electrons. The Bertz CT molecular complexity index is 393. The fourth-order valence-corrected chi connectivity index (χ4v) is 4.70. The number of para-hydroxylation sites is 1. The Hall–Kier alpha value is -1.02. The molecule has 1 nitrogen and oxygen atoms in total. The van der Waals surface area contributed by atoms with Crippen molar-refractivity contribution in [2.45, 2.75) is 32.9 Å². The third kappa shape index (κ3) is 2.07. The average molecular weight is 230 g/mol. The molecular weight excluding hydrogens is 210 g/mol. The van der Waals surface area contributed by atoms with Crippen molar-refractivity contribution in [2.24, 2.45) is 0 Å². The van der Waals surface area contributed by atoms with Gasteiger partial charge in [-0.15, -0.1) is 0 Å². The Labute approximate surface area is 100 Å². The highest BCUT2D eigenvalue weighted by Gasteiger charge is 2.22. The van der Waals surface area contributed by atoms with Crippen LogP contribution in [0.1, 0.15) is 26.3 Å². The van der Waals surface area contributed by atoms with Crippen LogP contribution in [0.2, 0.25) is 12.1 Å². The van der Waals surface area contributed by atoms with E-state index >= 15 is 0 Å². The third-order valence-corrected chi connectivity index (χ3v) is 6.03. The Morgan fingerprint density at radius 1 is 1.19 bits per heavy atom. The van der Waals surface area contributed by atoms with Gasteiger partial charge in [0.15, 0.2) is 8.96 Å². The molecule has 1 heterocycles. The number of hydrogen-bond acceptors (Lipinski definition) is 1. The smallest absolute Gasteiger partial charge is 0.169 e. The molecule has 0 unspecified atom stereocenters. The Morgan fingerprint density at radius 2 is 1.88 bits per heavy atom. The van der Waals surface area contributed by atoms with Gasteiger partial charge in [-0.1, -0.05) is 43.7 Å². The van der Waals surface area contributed by atoms with Gasteiger partial charge in [0, 0.05) is 12.2 Å². The second-order valence-corrected chi connectivity index (χ2v) is 7.50. The van der Waals surface area contributed by atoms with Crippen LogP contribution in [0.3, 0.4) is 0 Å². The van der Waals surface area contributed by atoms with E-state index in [0.717, 1.165) is 6.54 Å². The van der Waals surface area contributed by atoms with E-state index in [1.165, 1.54) is 28.9 Å². The number of rotatable bonds is 3. The highest BCUT2D eigenvalue weighted by atomic mass is 28.3. The fourth-order valence-electron chi connectivity index (χ4n) is 2.41. The van der Waals surface area contributed by atoms with E-state index in [0.29, 0.717) is 0 Å². The Balaban J connectivity index is 2.39. The number of anilines is 1. The van der Waals surface area contributed by atoms with E-state index < -0.39 is 0 Å². The van der Waals surface area contributed by atoms with Crippen molar-refractivity contribution >= 4 is 20.7 Å². The molecule has 0 spiro atoms. The predicted octanol–water partition coefficient (Wildman–Crippen LogP) is 3.94. The first kappa shape index (κ1) is 11.5. The molecule has 1 radical (unpaired) electrons. The van der Waals surface area contributed by atoms with Gasteiger partial charge in [-0.3, -0.25) is 0 Å². The summed E-state index contributed by atoms with van der Waals surface area (Å²) in [5.74, 6) is 0. The monoisotopic (exact) mass is 230 g/mol. The first-order valence-corrected chi connectivity index (χ1v) is 8.00. The van der Waals surface area contributed by atoms with Crippen LogP contribution >= 0.6 is 0 Å². The van der Waals surface area contributed by atoms with Crippen molar-refractivity contribution in [2.75, 3.05) is 11.1 Å². The molecular formula is C14H20NSi. The minimum absolute atomic E-state index is 0.376. The van der Waals surface area contributed by atoms with Gasteiger partial charge in [-0.2, -0.15) is 0 Å². The van der Waals surface area contributed by atoms with E-state index in [4.69, 9.17) is 0 Å². The number of hydrogen-bond donors (Lipinski definition) is 0. The molecule has 0 saturated carbocycles. The van der Waals surface area contributed by atoms with Crippen molar-refractivity contribution in [3.63, 3.8) is 0 Å². The first-order chi connectivity index (χ1) is 7.76. The lowest BCUT2D eigenvalue weighted by molar-refractivity contribution is 1.04. The molecule has 1 aromatic rings. The maximum Gasteiger partial charge on any atom is 0.169 e. The topological polar surface area (TPSA) is 3.24 Å². The van der Waals surface area contributed by atoms with Gasteiger partial charge in [0.05, 0.1) is 0 Å². The second-order valence-electron chi connectivity index (χ2n) is 4.41. The summed E-state index contributed by atoms with van der Waals surface area (Å²) in [7, 11) is -0.376. The molecule has 0 amide bonds. The first-order valence-electron chi connectivity index (χ1n) is 6.14. The molecule has 1 aromatic carbocycles. The maximum absolute atomic E-state index is 2.66. The van der Waals surface area contributed by atoms with Crippen LogP contribution in [0.4, 0.5) is 5.69 Å². The van der Waals surface area contributed by atoms with E-state index in [-0.39, 0.29) is 8.96 Å². The molecule has 2 heteroatoms. The zero-order chi connectivity index (χ0) is 11.5. The molecule has 0 saturated heterocycles. The van der Waals surface area contributed by atoms with Gasteiger partial charge in [0.2, 0.25) is 0 Å². The largest absolute Gasteiger partial charge is 0.393 e. The van der Waals surface area contributed by atoms with Crippen LogP contribution in [-0.2, 0) is 0 Å². The molecule has 2 rings (SSSR count). The van der Waals surface area contributed by atoms with E-state index in [9.17, 15) is 0 Å². The van der Waals surface area contributed by atoms with Crippen LogP contribution in [0.5, 0.6) is 0 Å². The number of benzene rings is 1. The normalized spacial score (nSPS) is 15.0. The van der Waals surface area contributed by atoms with Crippen molar-refractivity contribution in [3.8, 4) is 0 Å². The van der Waals surface area contributed by atoms with E-state index in [1.54, 1.807) is 0 Å². The molecule has 0 aliphatic carbocycles. The minimum Gasteiger partial charge on any atom is -0.393 e. The third-order valence-electron chi connectivity index (χ3n) is 3.23. The van der Waals surface area contributed by atoms with Crippen LogP contribution in [0, 0.1) is 0 Å². The average Bonchev–Trinajstić information content (AvgIpc) is 2.30. The zero-order valence-electron chi connectivity index (χ0n) is 10.5. The minimum atomic E-state index is -0.376. The maximum atomic E-state index is 2.66. The van der Waals surface area contributed by atoms with Gasteiger partial charge < -0.3 is 4.57 Å². The van der Waals surface area contributed by atoms with Crippen molar-refractivity contribution < 1.29 is 0 Å². The quantitative estimate of drug-likeness (QED) is 0.711. The summed E-state index contributed by atoms with van der Waals surface area (Å²) in [6, 6.07) is 11.4. The Morgan fingerprint density at radius 3 is 2.56 bits per heavy atom. The van der Waals surface area contributed by atoms with Gasteiger partial charge in [-0.05, 0) is 30.6 Å². The van der Waals surface area contributed by atoms with Gasteiger partial charge >= 0.3 is 0 Å². The van der Waals surface area contributed by atoms with Crippen LogP contribution < -0.4 is 4.57 Å². The lowest BCUT2D eigenvalue weighted by Gasteiger charge is -2.35. The summed E-state index contributed by atoms with van der Waals surface area (Å²) < 4.78 is 2.66. The lowest BCUT2D eigenvalue weighted by atomic mass is 10.1. The highest BCUT2D eigenvalue weighted by Crippen LogP contribution is 2.30. The Kier molecular flexibility index (Phi) is 3.49. The van der Waals surface area contributed by atoms with E-state index in [2.05, 4.69) is 55.7 Å². The lowest BCUT2D eigenvalue weighted by Crippen LogP contribution is -2.41. The molecule has 0 aromatic heterocycles. The number of nitrogens with zero attached hydrogens (tertiary/aromatic N) is 1. The van der Waals surface area contributed by atoms with Gasteiger partial charge in [-0.25, -0.2) is 0 Å². The summed E-state index contributed by atoms with van der Waals surface area (Å²) >= 11 is 0. The van der Waals surface area contributed by atoms with Crippen molar-refractivity contribution in [3.05, 3.63) is 35.4 Å². The molecule has 0 atom stereocenters. The summed E-state index contributed by atoms with van der Waals surface area (Å²) in [6.45, 7) is 8.03. The van der Waals surface area contributed by atoms with Gasteiger partial charge in [0.1, 0.15) is 0 Å². The SMILES string of the molecule is CC[Si](CC)N1CC(C)=Cc2ccccc21. The summed E-state index contributed by atoms with van der Waals surface area (Å²) in [5.41, 5.74) is 4.34. The standard InChI is InChI=1S/C14H20NSi/c1-4-16(5-2)15-11-12(3)10-13-8-6-7-9-14(13)15/h6-10H,4-5,11H2,1-3H3. The summed E-state index contributed by atoms with van der Waals surface area (Å²) in [4.78, 5) is 0. The summed E-state index contributed by atoms with van der Waals surface area (Å²) in [6.07, 6.45) is 2.33. The van der Waals surface area contributed by atoms with Crippen molar-refractivity contribution in [1.29, 1.82) is 0 Å². The van der Waals surface area contributed by atoms with Gasteiger partial charge in [0.25, 0.3) is 0 Å². The molecule has 16 heavy (non-hydrogen) atoms. The molecule has 0 N–H and O–H groups in total. The molecule has 0 fully saturated rings. The molecule has 0 bridgehead atoms. The second kappa shape index (κ2) is 4.87. The fraction of sp³-hybridized carbons (Fsp3) is 0.429. The highest BCUT2D eigenvalue weighted by molar-refractivity contribution is 6.63. The number of fused-ring (bicyclic) bond motifs is 1. The van der Waals surface area contributed by atoms with Crippen LogP contribution in [0.25, 0.3) is 6.08 Å². The molecule has 1 aliphatic heterocycles. The van der Waals surface area contributed by atoms with Crippen molar-refractivity contribution in [1.82, 2.24) is 0 Å². The van der Waals surface area contributed by atoms with Crippen LogP contribution in [0.15, 0.2) is 29.8 Å². The zero-order valence-corrected chi connectivity index (χ0v) is 11.5. The summed E-state index contributed by atoms with van der Waals surface area (Å²) in [5, 5.41) is 0. The predicted molar refractivity (Wildman–Crippen MR) is 74.2 cm³/mol.